The van der Waals surface area contributed by atoms with Crippen LogP contribution in [0, 0.1) is 6.92 Å². The lowest BCUT2D eigenvalue weighted by molar-refractivity contribution is 0.528. The number of anilines is 1. The van der Waals surface area contributed by atoms with Crippen molar-refractivity contribution in [2.75, 3.05) is 5.32 Å². The predicted octanol–water partition coefficient (Wildman–Crippen LogP) is 2.63. The quantitative estimate of drug-likeness (QED) is 0.620. The van der Waals surface area contributed by atoms with Gasteiger partial charge in [-0.1, -0.05) is 12.1 Å². The molecule has 0 saturated heterocycles. The zero-order valence-corrected chi connectivity index (χ0v) is 13.9. The molecule has 7 heteroatoms. The molecule has 1 N–H and O–H groups in total. The van der Waals surface area contributed by atoms with Crippen molar-refractivity contribution >= 4 is 16.8 Å². The van der Waals surface area contributed by atoms with Gasteiger partial charge in [-0.25, -0.2) is 14.5 Å². The van der Waals surface area contributed by atoms with Crippen LogP contribution in [0.1, 0.15) is 11.1 Å². The molecule has 0 spiro atoms. The number of nitrogens with zero attached hydrogens (tertiary/aromatic N) is 4. The predicted molar refractivity (Wildman–Crippen MR) is 94.9 cm³/mol. The van der Waals surface area contributed by atoms with Gasteiger partial charge in [-0.3, -0.25) is 4.57 Å². The van der Waals surface area contributed by atoms with Crippen molar-refractivity contribution in [3.8, 4) is 5.69 Å². The summed E-state index contributed by atoms with van der Waals surface area (Å²) >= 11 is 0. The van der Waals surface area contributed by atoms with Gasteiger partial charge < -0.3 is 9.73 Å². The van der Waals surface area contributed by atoms with E-state index in [0.29, 0.717) is 12.1 Å². The number of benzene rings is 2. The van der Waals surface area contributed by atoms with Gasteiger partial charge in [0.1, 0.15) is 12.7 Å². The average Bonchev–Trinajstić information content (AvgIpc) is 3.22. The fraction of sp³-hybridized carbons (Fsp3) is 0.167. The number of rotatable bonds is 4. The molecule has 2 aromatic carbocycles. The van der Waals surface area contributed by atoms with Crippen molar-refractivity contribution in [1.82, 2.24) is 19.3 Å². The molecule has 2 heterocycles. The Bertz CT molecular complexity index is 1090. The highest BCUT2D eigenvalue weighted by atomic mass is 16.4. The van der Waals surface area contributed by atoms with Gasteiger partial charge in [0.15, 0.2) is 5.58 Å². The maximum Gasteiger partial charge on any atom is 0.419 e. The van der Waals surface area contributed by atoms with Gasteiger partial charge in [-0.15, -0.1) is 0 Å². The Hall–Kier alpha value is -3.35. The molecular formula is C18H17N5O2. The van der Waals surface area contributed by atoms with Gasteiger partial charge in [-0.05, 0) is 36.2 Å². The number of hydrogen-bond acceptors (Lipinski definition) is 5. The Labute approximate surface area is 143 Å². The topological polar surface area (TPSA) is 77.9 Å². The Kier molecular flexibility index (Phi) is 3.61. The van der Waals surface area contributed by atoms with E-state index in [2.05, 4.69) is 27.5 Å². The number of aryl methyl sites for hydroxylation is 2. The van der Waals surface area contributed by atoms with Crippen LogP contribution in [0.4, 0.5) is 5.69 Å². The summed E-state index contributed by atoms with van der Waals surface area (Å²) in [6.45, 7) is 2.71. The van der Waals surface area contributed by atoms with Crippen molar-refractivity contribution < 1.29 is 4.42 Å². The molecule has 0 fully saturated rings. The lowest BCUT2D eigenvalue weighted by Crippen LogP contribution is -2.08. The van der Waals surface area contributed by atoms with E-state index in [1.54, 1.807) is 18.1 Å². The molecule has 0 amide bonds. The first-order valence-corrected chi connectivity index (χ1v) is 7.90. The number of hydrogen-bond donors (Lipinski definition) is 1. The molecule has 126 valence electrons. The van der Waals surface area contributed by atoms with Crippen LogP contribution < -0.4 is 11.1 Å². The second-order valence-electron chi connectivity index (χ2n) is 5.92. The van der Waals surface area contributed by atoms with Crippen LogP contribution in [0.3, 0.4) is 0 Å². The summed E-state index contributed by atoms with van der Waals surface area (Å²) in [5, 5.41) is 7.52. The summed E-state index contributed by atoms with van der Waals surface area (Å²) in [6, 6.07) is 11.9. The Morgan fingerprint density at radius 1 is 1.20 bits per heavy atom. The van der Waals surface area contributed by atoms with Gasteiger partial charge >= 0.3 is 5.76 Å². The normalized spacial score (nSPS) is 11.1. The van der Waals surface area contributed by atoms with E-state index < -0.39 is 0 Å². The summed E-state index contributed by atoms with van der Waals surface area (Å²) in [7, 11) is 1.70. The van der Waals surface area contributed by atoms with E-state index in [9.17, 15) is 4.79 Å². The van der Waals surface area contributed by atoms with Crippen LogP contribution in [-0.2, 0) is 13.6 Å². The summed E-state index contributed by atoms with van der Waals surface area (Å²) in [5.41, 5.74) is 5.54. The SMILES string of the molecule is Cc1cc(CNc2ccc3c(c2)oc(=O)n3C)ccc1-n1cncn1. The van der Waals surface area contributed by atoms with Gasteiger partial charge in [0.05, 0.1) is 11.2 Å². The third-order valence-corrected chi connectivity index (χ3v) is 4.22. The average molecular weight is 335 g/mol. The first kappa shape index (κ1) is 15.2. The number of nitrogens with one attached hydrogen (secondary N) is 1. The van der Waals surface area contributed by atoms with Gasteiger partial charge in [0.2, 0.25) is 0 Å². The third-order valence-electron chi connectivity index (χ3n) is 4.22. The third kappa shape index (κ3) is 2.80. The maximum absolute atomic E-state index is 11.6. The van der Waals surface area contributed by atoms with E-state index in [-0.39, 0.29) is 5.76 Å². The van der Waals surface area contributed by atoms with E-state index in [1.165, 1.54) is 10.9 Å². The maximum atomic E-state index is 11.6. The molecule has 4 aromatic rings. The van der Waals surface area contributed by atoms with Crippen molar-refractivity contribution in [3.63, 3.8) is 0 Å². The van der Waals surface area contributed by atoms with Gasteiger partial charge in [-0.2, -0.15) is 5.10 Å². The summed E-state index contributed by atoms with van der Waals surface area (Å²) < 4.78 is 8.46. The molecular weight excluding hydrogens is 318 g/mol. The summed E-state index contributed by atoms with van der Waals surface area (Å²) in [4.78, 5) is 15.5. The lowest BCUT2D eigenvalue weighted by atomic mass is 10.1. The lowest BCUT2D eigenvalue weighted by Gasteiger charge is -2.10. The van der Waals surface area contributed by atoms with Crippen LogP contribution in [0.2, 0.25) is 0 Å². The highest BCUT2D eigenvalue weighted by Gasteiger charge is 2.07. The number of fused-ring (bicyclic) bond motifs is 1. The second-order valence-corrected chi connectivity index (χ2v) is 5.92. The Balaban J connectivity index is 1.53. The molecule has 25 heavy (non-hydrogen) atoms. The van der Waals surface area contributed by atoms with E-state index in [1.807, 2.05) is 31.2 Å². The first-order valence-electron chi connectivity index (χ1n) is 7.90. The molecule has 0 bridgehead atoms. The van der Waals surface area contributed by atoms with Crippen LogP contribution in [0.5, 0.6) is 0 Å². The molecule has 0 aliphatic carbocycles. The fourth-order valence-electron chi connectivity index (χ4n) is 2.87. The minimum Gasteiger partial charge on any atom is -0.408 e. The molecule has 0 unspecified atom stereocenters. The minimum atomic E-state index is -0.355. The number of aromatic nitrogens is 4. The molecule has 7 nitrogen and oxygen atoms in total. The molecule has 4 rings (SSSR count). The first-order chi connectivity index (χ1) is 12.1. The van der Waals surface area contributed by atoms with Gasteiger partial charge in [0.25, 0.3) is 0 Å². The zero-order chi connectivity index (χ0) is 17.4. The summed E-state index contributed by atoms with van der Waals surface area (Å²) in [5.74, 6) is -0.355. The van der Waals surface area contributed by atoms with Crippen molar-refractivity contribution in [2.24, 2.45) is 7.05 Å². The van der Waals surface area contributed by atoms with Crippen LogP contribution >= 0.6 is 0 Å². The second kappa shape index (κ2) is 5.94. The van der Waals surface area contributed by atoms with Crippen LogP contribution in [0.15, 0.2) is 58.3 Å². The van der Waals surface area contributed by atoms with Crippen molar-refractivity contribution in [2.45, 2.75) is 13.5 Å². The monoisotopic (exact) mass is 335 g/mol. The molecule has 0 radical (unpaired) electrons. The van der Waals surface area contributed by atoms with Crippen LogP contribution in [0.25, 0.3) is 16.8 Å². The molecule has 0 aliphatic heterocycles. The highest BCUT2D eigenvalue weighted by Crippen LogP contribution is 2.20. The smallest absolute Gasteiger partial charge is 0.408 e. The van der Waals surface area contributed by atoms with Gasteiger partial charge in [0, 0.05) is 25.3 Å². The number of oxazole rings is 1. The highest BCUT2D eigenvalue weighted by molar-refractivity contribution is 5.77. The fourth-order valence-corrected chi connectivity index (χ4v) is 2.87. The minimum absolute atomic E-state index is 0.355. The van der Waals surface area contributed by atoms with Crippen molar-refractivity contribution in [1.29, 1.82) is 0 Å². The van der Waals surface area contributed by atoms with Crippen LogP contribution in [-0.4, -0.2) is 19.3 Å². The van der Waals surface area contributed by atoms with E-state index in [4.69, 9.17) is 4.42 Å². The molecule has 2 aromatic heterocycles. The summed E-state index contributed by atoms with van der Waals surface area (Å²) in [6.07, 6.45) is 3.20. The zero-order valence-electron chi connectivity index (χ0n) is 13.9. The Morgan fingerprint density at radius 3 is 2.84 bits per heavy atom. The van der Waals surface area contributed by atoms with Crippen molar-refractivity contribution in [3.05, 3.63) is 70.7 Å². The largest absolute Gasteiger partial charge is 0.419 e. The van der Waals surface area contributed by atoms with E-state index >= 15 is 0 Å². The Morgan fingerprint density at radius 2 is 2.08 bits per heavy atom. The molecule has 0 saturated carbocycles. The molecule has 0 atom stereocenters. The standard InChI is InChI=1S/C18H17N5O2/c1-12-7-13(3-5-15(12)23-11-19-10-21-23)9-20-14-4-6-16-17(8-14)25-18(24)22(16)2/h3-8,10-11,20H,9H2,1-2H3. The molecule has 0 aliphatic rings. The van der Waals surface area contributed by atoms with E-state index in [0.717, 1.165) is 28.0 Å².